The van der Waals surface area contributed by atoms with Crippen LogP contribution in [0.2, 0.25) is 0 Å². The molecule has 13 heavy (non-hydrogen) atoms. The Bertz CT molecular complexity index is 264. The average Bonchev–Trinajstić information content (AvgIpc) is 2.67. The lowest BCUT2D eigenvalue weighted by Crippen LogP contribution is -2.26. The van der Waals surface area contributed by atoms with Gasteiger partial charge in [0.05, 0.1) is 5.69 Å². The van der Waals surface area contributed by atoms with Gasteiger partial charge < -0.3 is 9.84 Å². The molecule has 0 spiro atoms. The molecule has 3 nitrogen and oxygen atoms in total. The van der Waals surface area contributed by atoms with E-state index in [4.69, 9.17) is 4.52 Å². The van der Waals surface area contributed by atoms with E-state index in [0.29, 0.717) is 5.92 Å². The lowest BCUT2D eigenvalue weighted by Gasteiger charge is -2.19. The maximum atomic E-state index is 5.32. The van der Waals surface area contributed by atoms with Crippen molar-refractivity contribution in [2.45, 2.75) is 32.1 Å². The van der Waals surface area contributed by atoms with Crippen molar-refractivity contribution < 1.29 is 4.52 Å². The molecule has 1 N–H and O–H groups in total. The highest BCUT2D eigenvalue weighted by molar-refractivity contribution is 5.10. The van der Waals surface area contributed by atoms with Gasteiger partial charge in [-0.3, -0.25) is 0 Å². The highest BCUT2D eigenvalue weighted by Crippen LogP contribution is 2.25. The predicted molar refractivity (Wildman–Crippen MR) is 50.7 cm³/mol. The van der Waals surface area contributed by atoms with Crippen molar-refractivity contribution in [1.29, 1.82) is 0 Å². The Kier molecular flexibility index (Phi) is 2.64. The number of nitrogens with one attached hydrogen (secondary N) is 1. The Morgan fingerprint density at radius 1 is 1.54 bits per heavy atom. The van der Waals surface area contributed by atoms with E-state index in [0.717, 1.165) is 31.0 Å². The maximum Gasteiger partial charge on any atom is 0.140 e. The van der Waals surface area contributed by atoms with Crippen LogP contribution in [0.1, 0.15) is 37.1 Å². The first-order valence-electron chi connectivity index (χ1n) is 5.06. The zero-order chi connectivity index (χ0) is 9.10. The zero-order valence-corrected chi connectivity index (χ0v) is 8.05. The molecule has 0 saturated carbocycles. The molecule has 1 aliphatic rings. The van der Waals surface area contributed by atoms with Crippen LogP contribution in [-0.4, -0.2) is 18.2 Å². The molecule has 2 heterocycles. The molecule has 1 aliphatic heterocycles. The third kappa shape index (κ3) is 1.91. The van der Waals surface area contributed by atoms with Gasteiger partial charge in [0.15, 0.2) is 0 Å². The molecule has 0 aromatic carbocycles. The first-order chi connectivity index (χ1) is 6.40. The van der Waals surface area contributed by atoms with E-state index in [1.165, 1.54) is 12.8 Å². The van der Waals surface area contributed by atoms with Crippen molar-refractivity contribution in [3.63, 3.8) is 0 Å². The van der Waals surface area contributed by atoms with Gasteiger partial charge in [-0.25, -0.2) is 0 Å². The van der Waals surface area contributed by atoms with Crippen molar-refractivity contribution >= 4 is 0 Å². The lowest BCUT2D eigenvalue weighted by atomic mass is 9.95. The van der Waals surface area contributed by atoms with Gasteiger partial charge in [-0.1, -0.05) is 12.1 Å². The van der Waals surface area contributed by atoms with Crippen molar-refractivity contribution in [3.8, 4) is 0 Å². The summed E-state index contributed by atoms with van der Waals surface area (Å²) in [5.41, 5.74) is 1.08. The second kappa shape index (κ2) is 3.92. The van der Waals surface area contributed by atoms with Crippen LogP contribution in [0.15, 0.2) is 10.6 Å². The number of hydrogen-bond donors (Lipinski definition) is 1. The van der Waals surface area contributed by atoms with Crippen LogP contribution in [0.5, 0.6) is 0 Å². The minimum absolute atomic E-state index is 0.592. The summed E-state index contributed by atoms with van der Waals surface area (Å²) in [6.07, 6.45) is 3.32. The highest BCUT2D eigenvalue weighted by Gasteiger charge is 2.18. The summed E-state index contributed by atoms with van der Waals surface area (Å²) in [5, 5.41) is 7.36. The molecule has 0 aliphatic carbocycles. The van der Waals surface area contributed by atoms with Gasteiger partial charge in [0.2, 0.25) is 0 Å². The summed E-state index contributed by atoms with van der Waals surface area (Å²) < 4.78 is 5.32. The van der Waals surface area contributed by atoms with E-state index in [-0.39, 0.29) is 0 Å². The summed E-state index contributed by atoms with van der Waals surface area (Å²) in [7, 11) is 0. The molecule has 2 rings (SSSR count). The van der Waals surface area contributed by atoms with Gasteiger partial charge in [0.25, 0.3) is 0 Å². The molecule has 1 aromatic heterocycles. The Balaban J connectivity index is 2.05. The number of rotatable bonds is 2. The highest BCUT2D eigenvalue weighted by atomic mass is 16.5. The summed E-state index contributed by atoms with van der Waals surface area (Å²) in [6, 6.07) is 2.11. The quantitative estimate of drug-likeness (QED) is 0.752. The third-order valence-corrected chi connectivity index (χ3v) is 2.68. The van der Waals surface area contributed by atoms with Crippen molar-refractivity contribution in [1.82, 2.24) is 10.5 Å². The van der Waals surface area contributed by atoms with Crippen molar-refractivity contribution in [2.75, 3.05) is 13.1 Å². The van der Waals surface area contributed by atoms with E-state index in [9.17, 15) is 0 Å². The Morgan fingerprint density at radius 3 is 2.92 bits per heavy atom. The first kappa shape index (κ1) is 8.75. The van der Waals surface area contributed by atoms with Gasteiger partial charge in [0.1, 0.15) is 5.76 Å². The molecule has 0 atom stereocenters. The molecule has 3 heteroatoms. The van der Waals surface area contributed by atoms with Crippen LogP contribution in [0.3, 0.4) is 0 Å². The van der Waals surface area contributed by atoms with E-state index in [2.05, 4.69) is 23.5 Å². The topological polar surface area (TPSA) is 38.1 Å². The van der Waals surface area contributed by atoms with Crippen LogP contribution in [0, 0.1) is 0 Å². The molecule has 1 aromatic rings. The molecule has 0 unspecified atom stereocenters. The third-order valence-electron chi connectivity index (χ3n) is 2.68. The summed E-state index contributed by atoms with van der Waals surface area (Å²) >= 11 is 0. The molecular weight excluding hydrogens is 164 g/mol. The average molecular weight is 180 g/mol. The zero-order valence-electron chi connectivity index (χ0n) is 8.05. The molecule has 1 saturated heterocycles. The largest absolute Gasteiger partial charge is 0.361 e. The normalized spacial score (nSPS) is 19.2. The molecule has 72 valence electrons. The van der Waals surface area contributed by atoms with Gasteiger partial charge >= 0.3 is 0 Å². The standard InChI is InChI=1S/C10H16N2O/c1-2-9-7-10(13-12-9)8-3-5-11-6-4-8/h7-8,11H,2-6H2,1H3. The molecule has 1 fully saturated rings. The second-order valence-corrected chi connectivity index (χ2v) is 3.60. The fraction of sp³-hybridized carbons (Fsp3) is 0.700. The Morgan fingerprint density at radius 2 is 2.31 bits per heavy atom. The van der Waals surface area contributed by atoms with Gasteiger partial charge in [-0.05, 0) is 32.4 Å². The first-order valence-corrected chi connectivity index (χ1v) is 5.06. The van der Waals surface area contributed by atoms with Crippen molar-refractivity contribution in [2.24, 2.45) is 0 Å². The Labute approximate surface area is 78.5 Å². The van der Waals surface area contributed by atoms with Crippen LogP contribution < -0.4 is 5.32 Å². The van der Waals surface area contributed by atoms with Gasteiger partial charge in [0, 0.05) is 12.0 Å². The molecule has 0 bridgehead atoms. The number of aromatic nitrogens is 1. The van der Waals surface area contributed by atoms with Crippen molar-refractivity contribution in [3.05, 3.63) is 17.5 Å². The monoisotopic (exact) mass is 180 g/mol. The summed E-state index contributed by atoms with van der Waals surface area (Å²) in [5.74, 6) is 1.67. The molecule has 0 radical (unpaired) electrons. The fourth-order valence-corrected chi connectivity index (χ4v) is 1.79. The summed E-state index contributed by atoms with van der Waals surface area (Å²) in [4.78, 5) is 0. The minimum Gasteiger partial charge on any atom is -0.361 e. The minimum atomic E-state index is 0.592. The van der Waals surface area contributed by atoms with Crippen LogP contribution >= 0.6 is 0 Å². The van der Waals surface area contributed by atoms with Gasteiger partial charge in [-0.2, -0.15) is 0 Å². The molecule has 0 amide bonds. The fourth-order valence-electron chi connectivity index (χ4n) is 1.79. The lowest BCUT2D eigenvalue weighted by molar-refractivity contribution is 0.325. The number of hydrogen-bond acceptors (Lipinski definition) is 3. The van der Waals surface area contributed by atoms with Crippen LogP contribution in [0.4, 0.5) is 0 Å². The maximum absolute atomic E-state index is 5.32. The number of aryl methyl sites for hydroxylation is 1. The van der Waals surface area contributed by atoms with Gasteiger partial charge in [-0.15, -0.1) is 0 Å². The van der Waals surface area contributed by atoms with Crippen LogP contribution in [0.25, 0.3) is 0 Å². The Hall–Kier alpha value is -0.830. The number of piperidine rings is 1. The second-order valence-electron chi connectivity index (χ2n) is 3.60. The van der Waals surface area contributed by atoms with E-state index >= 15 is 0 Å². The number of nitrogens with zero attached hydrogens (tertiary/aromatic N) is 1. The predicted octanol–water partition coefficient (Wildman–Crippen LogP) is 1.70. The van der Waals surface area contributed by atoms with Crippen LogP contribution in [-0.2, 0) is 6.42 Å². The van der Waals surface area contributed by atoms with E-state index in [1.807, 2.05) is 0 Å². The van der Waals surface area contributed by atoms with E-state index < -0.39 is 0 Å². The SMILES string of the molecule is CCc1cc(C2CCNCC2)on1. The summed E-state index contributed by atoms with van der Waals surface area (Å²) in [6.45, 7) is 4.31. The molecular formula is C10H16N2O. The van der Waals surface area contributed by atoms with E-state index in [1.54, 1.807) is 0 Å². The smallest absolute Gasteiger partial charge is 0.140 e.